The zero-order valence-electron chi connectivity index (χ0n) is 18.3. The zero-order chi connectivity index (χ0) is 21.9. The molecule has 0 saturated carbocycles. The van der Waals surface area contributed by atoms with Crippen LogP contribution in [0.2, 0.25) is 0 Å². The van der Waals surface area contributed by atoms with Gasteiger partial charge in [0.1, 0.15) is 18.1 Å². The average Bonchev–Trinajstić information content (AvgIpc) is 2.80. The molecule has 2 atom stereocenters. The summed E-state index contributed by atoms with van der Waals surface area (Å²) in [7, 11) is 0. The number of aryl methyl sites for hydroxylation is 1. The lowest BCUT2D eigenvalue weighted by atomic mass is 9.69. The number of phenols is 1. The minimum atomic E-state index is 0.268. The van der Waals surface area contributed by atoms with Crippen molar-refractivity contribution in [2.24, 2.45) is 5.92 Å². The van der Waals surface area contributed by atoms with Crippen molar-refractivity contribution in [3.05, 3.63) is 95.1 Å². The third kappa shape index (κ3) is 4.51. The Morgan fingerprint density at radius 3 is 2.47 bits per heavy atom. The predicted molar refractivity (Wildman–Crippen MR) is 130 cm³/mol. The first kappa shape index (κ1) is 21.4. The molecule has 1 aliphatic heterocycles. The van der Waals surface area contributed by atoms with E-state index in [1.54, 1.807) is 0 Å². The maximum Gasteiger partial charge on any atom is 0.119 e. The van der Waals surface area contributed by atoms with Crippen LogP contribution in [0.5, 0.6) is 11.5 Å². The van der Waals surface area contributed by atoms with Gasteiger partial charge in [0.25, 0.3) is 0 Å². The van der Waals surface area contributed by atoms with Crippen molar-refractivity contribution >= 4 is 11.6 Å². The van der Waals surface area contributed by atoms with Gasteiger partial charge in [-0.2, -0.15) is 0 Å². The molecule has 1 aliphatic carbocycles. The highest BCUT2D eigenvalue weighted by molar-refractivity contribution is 6.18. The molecule has 4 heteroatoms. The Balaban J connectivity index is 1.33. The van der Waals surface area contributed by atoms with E-state index in [9.17, 15) is 5.11 Å². The Kier molecular flexibility index (Phi) is 6.38. The van der Waals surface area contributed by atoms with Crippen molar-refractivity contribution in [3.8, 4) is 11.5 Å². The van der Waals surface area contributed by atoms with Crippen LogP contribution in [0, 0.1) is 5.92 Å². The van der Waals surface area contributed by atoms with Gasteiger partial charge in [-0.3, -0.25) is 4.90 Å². The van der Waals surface area contributed by atoms with E-state index in [0.717, 1.165) is 44.1 Å². The standard InChI is InChI=1S/C28H30ClNO2/c29-17-20-18-30(19-20)14-15-32-25-10-6-22(7-11-25)28-26(21-4-2-1-3-5-21)12-8-23-16-24(31)9-13-27(23)28/h1-7,9-11,13,16,20,26,28,31H,8,12,14-15,17-19H2/t26-,28+/m1/s1. The second-order valence-electron chi connectivity index (χ2n) is 9.11. The first-order valence-corrected chi connectivity index (χ1v) is 12.1. The molecule has 0 amide bonds. The van der Waals surface area contributed by atoms with Crippen molar-refractivity contribution in [2.45, 2.75) is 24.7 Å². The zero-order valence-corrected chi connectivity index (χ0v) is 19.0. The SMILES string of the molecule is Oc1ccc2c(c1)CC[C@H](c1ccccc1)[C@@H]2c1ccc(OCCN2CC(CCl)C2)cc1. The number of likely N-dealkylation sites (tertiary alicyclic amines) is 1. The summed E-state index contributed by atoms with van der Waals surface area (Å²) < 4.78 is 6.01. The summed E-state index contributed by atoms with van der Waals surface area (Å²) >= 11 is 5.90. The third-order valence-electron chi connectivity index (χ3n) is 6.98. The summed E-state index contributed by atoms with van der Waals surface area (Å²) in [6.07, 6.45) is 2.06. The van der Waals surface area contributed by atoms with E-state index in [1.807, 2.05) is 12.1 Å². The van der Waals surface area contributed by atoms with Crippen LogP contribution in [0.15, 0.2) is 72.8 Å². The van der Waals surface area contributed by atoms with Crippen molar-refractivity contribution in [1.82, 2.24) is 4.90 Å². The van der Waals surface area contributed by atoms with E-state index < -0.39 is 0 Å². The van der Waals surface area contributed by atoms with Crippen LogP contribution in [0.4, 0.5) is 0 Å². The number of benzene rings is 3. The molecular weight excluding hydrogens is 418 g/mol. The average molecular weight is 448 g/mol. The molecular formula is C28H30ClNO2. The highest BCUT2D eigenvalue weighted by atomic mass is 35.5. The topological polar surface area (TPSA) is 32.7 Å². The molecule has 0 bridgehead atoms. The van der Waals surface area contributed by atoms with Crippen LogP contribution in [0.25, 0.3) is 0 Å². The van der Waals surface area contributed by atoms with Gasteiger partial charge in [0.2, 0.25) is 0 Å². The summed E-state index contributed by atoms with van der Waals surface area (Å²) in [6, 6.07) is 25.3. The number of alkyl halides is 1. The van der Waals surface area contributed by atoms with Gasteiger partial charge in [-0.15, -0.1) is 11.6 Å². The lowest BCUT2D eigenvalue weighted by Crippen LogP contribution is -2.48. The molecule has 0 spiro atoms. The summed E-state index contributed by atoms with van der Waals surface area (Å²) in [6.45, 7) is 3.82. The van der Waals surface area contributed by atoms with Crippen LogP contribution >= 0.6 is 11.6 Å². The number of fused-ring (bicyclic) bond motifs is 1. The molecule has 3 aromatic carbocycles. The molecule has 2 aliphatic rings. The lowest BCUT2D eigenvalue weighted by molar-refractivity contribution is 0.0950. The van der Waals surface area contributed by atoms with E-state index in [1.165, 1.54) is 22.3 Å². The fourth-order valence-electron chi connectivity index (χ4n) is 5.30. The smallest absolute Gasteiger partial charge is 0.119 e. The first-order valence-electron chi connectivity index (χ1n) is 11.6. The van der Waals surface area contributed by atoms with Crippen molar-refractivity contribution in [2.75, 3.05) is 32.1 Å². The largest absolute Gasteiger partial charge is 0.508 e. The molecule has 0 radical (unpaired) electrons. The number of ether oxygens (including phenoxy) is 1. The minimum absolute atomic E-state index is 0.268. The molecule has 32 heavy (non-hydrogen) atoms. The van der Waals surface area contributed by atoms with Gasteiger partial charge in [-0.1, -0.05) is 48.5 Å². The number of phenolic OH excluding ortho intramolecular Hbond substituents is 1. The van der Waals surface area contributed by atoms with Crippen LogP contribution in [-0.4, -0.2) is 42.1 Å². The maximum absolute atomic E-state index is 10.0. The predicted octanol–water partition coefficient (Wildman–Crippen LogP) is 5.80. The Morgan fingerprint density at radius 1 is 0.938 bits per heavy atom. The Morgan fingerprint density at radius 2 is 1.72 bits per heavy atom. The van der Waals surface area contributed by atoms with E-state index in [2.05, 4.69) is 65.6 Å². The Labute approximate surface area is 195 Å². The van der Waals surface area contributed by atoms with Crippen LogP contribution in [-0.2, 0) is 6.42 Å². The highest BCUT2D eigenvalue weighted by Gasteiger charge is 2.32. The maximum atomic E-state index is 10.0. The summed E-state index contributed by atoms with van der Waals surface area (Å²) in [5.41, 5.74) is 5.25. The minimum Gasteiger partial charge on any atom is -0.508 e. The van der Waals surface area contributed by atoms with Gasteiger partial charge in [0, 0.05) is 31.4 Å². The molecule has 3 aromatic rings. The second-order valence-corrected chi connectivity index (χ2v) is 9.42. The van der Waals surface area contributed by atoms with Gasteiger partial charge >= 0.3 is 0 Å². The molecule has 1 saturated heterocycles. The Bertz CT molecular complexity index is 1030. The van der Waals surface area contributed by atoms with Crippen LogP contribution in [0.3, 0.4) is 0 Å². The van der Waals surface area contributed by atoms with Gasteiger partial charge in [-0.05, 0) is 71.2 Å². The lowest BCUT2D eigenvalue weighted by Gasteiger charge is -2.38. The number of hydrogen-bond donors (Lipinski definition) is 1. The Hall–Kier alpha value is -2.49. The van der Waals surface area contributed by atoms with E-state index in [0.29, 0.717) is 24.2 Å². The summed E-state index contributed by atoms with van der Waals surface area (Å²) in [5, 5.41) is 10.0. The summed E-state index contributed by atoms with van der Waals surface area (Å²) in [5.74, 6) is 3.36. The monoisotopic (exact) mass is 447 g/mol. The number of rotatable bonds is 7. The number of aromatic hydroxyl groups is 1. The normalized spacial score (nSPS) is 21.0. The van der Waals surface area contributed by atoms with Gasteiger partial charge < -0.3 is 9.84 Å². The molecule has 0 aromatic heterocycles. The molecule has 1 N–H and O–H groups in total. The van der Waals surface area contributed by atoms with Crippen LogP contribution in [0.1, 0.15) is 40.5 Å². The van der Waals surface area contributed by atoms with E-state index in [-0.39, 0.29) is 5.92 Å². The van der Waals surface area contributed by atoms with E-state index >= 15 is 0 Å². The fraction of sp³-hybridized carbons (Fsp3) is 0.357. The van der Waals surface area contributed by atoms with Crippen molar-refractivity contribution < 1.29 is 9.84 Å². The number of nitrogens with zero attached hydrogens (tertiary/aromatic N) is 1. The molecule has 166 valence electrons. The summed E-state index contributed by atoms with van der Waals surface area (Å²) in [4.78, 5) is 2.39. The highest BCUT2D eigenvalue weighted by Crippen LogP contribution is 2.47. The third-order valence-corrected chi connectivity index (χ3v) is 7.42. The second kappa shape index (κ2) is 9.56. The first-order chi connectivity index (χ1) is 15.7. The molecule has 0 unspecified atom stereocenters. The van der Waals surface area contributed by atoms with E-state index in [4.69, 9.17) is 16.3 Å². The van der Waals surface area contributed by atoms with Crippen molar-refractivity contribution in [3.63, 3.8) is 0 Å². The molecule has 5 rings (SSSR count). The molecule has 3 nitrogen and oxygen atoms in total. The van der Waals surface area contributed by atoms with Gasteiger partial charge in [-0.25, -0.2) is 0 Å². The quantitative estimate of drug-likeness (QED) is 0.464. The molecule has 1 heterocycles. The molecule has 1 fully saturated rings. The number of hydrogen-bond acceptors (Lipinski definition) is 3. The van der Waals surface area contributed by atoms with Crippen LogP contribution < -0.4 is 4.74 Å². The van der Waals surface area contributed by atoms with Gasteiger partial charge in [0.05, 0.1) is 0 Å². The van der Waals surface area contributed by atoms with Crippen molar-refractivity contribution in [1.29, 1.82) is 0 Å². The number of halogens is 1. The fourth-order valence-corrected chi connectivity index (χ4v) is 5.49. The van der Waals surface area contributed by atoms with Gasteiger partial charge in [0.15, 0.2) is 0 Å².